The Bertz CT molecular complexity index is 990. The summed E-state index contributed by atoms with van der Waals surface area (Å²) in [6.07, 6.45) is 0.00732. The van der Waals surface area contributed by atoms with E-state index in [-0.39, 0.29) is 29.5 Å². The highest BCUT2D eigenvalue weighted by Crippen LogP contribution is 2.51. The molecular weight excluding hydrogens is 454 g/mol. The Morgan fingerprint density at radius 2 is 1.24 bits per heavy atom. The predicted molar refractivity (Wildman–Crippen MR) is 137 cm³/mol. The Morgan fingerprint density at radius 1 is 0.879 bits per heavy atom. The van der Waals surface area contributed by atoms with Crippen molar-refractivity contribution in [1.29, 1.82) is 0 Å². The van der Waals surface area contributed by atoms with Crippen LogP contribution in [-0.2, 0) is 9.09 Å². The fourth-order valence-corrected chi connectivity index (χ4v) is 8.70. The second-order valence-electron chi connectivity index (χ2n) is 8.99. The normalized spacial score (nSPS) is 14.2. The maximum absolute atomic E-state index is 13.8. The van der Waals surface area contributed by atoms with Gasteiger partial charge in [0.2, 0.25) is 0 Å². The predicted octanol–water partition coefficient (Wildman–Crippen LogP) is 7.00. The minimum Gasteiger partial charge on any atom is -0.324 e. The Labute approximate surface area is 199 Å². The molecule has 0 aliphatic heterocycles. The monoisotopic (exact) mass is 490 g/mol. The number of carbonyl (C=O) groups is 2. The molecule has 0 spiro atoms. The Morgan fingerprint density at radius 3 is 1.58 bits per heavy atom. The molecule has 1 N–H and O–H groups in total. The average Bonchev–Trinajstić information content (AvgIpc) is 2.65. The lowest BCUT2D eigenvalue weighted by Gasteiger charge is -2.22. The van der Waals surface area contributed by atoms with Crippen LogP contribution in [0.5, 0.6) is 0 Å². The van der Waals surface area contributed by atoms with Crippen LogP contribution in [0.15, 0.2) is 24.3 Å². The van der Waals surface area contributed by atoms with Crippen LogP contribution in [0.4, 0.5) is 0 Å². The maximum Gasteiger partial charge on any atom is 0.328 e. The third kappa shape index (κ3) is 6.93. The van der Waals surface area contributed by atoms with Crippen molar-refractivity contribution >= 4 is 26.6 Å². The van der Waals surface area contributed by atoms with Crippen molar-refractivity contribution in [1.82, 2.24) is 0 Å². The van der Waals surface area contributed by atoms with Gasteiger partial charge >= 0.3 is 7.60 Å². The zero-order valence-electron chi connectivity index (χ0n) is 21.0. The van der Waals surface area contributed by atoms with Crippen molar-refractivity contribution in [3.05, 3.63) is 68.8 Å². The topological polar surface area (TPSA) is 80.7 Å². The number of benzene rings is 2. The molecule has 7 heteroatoms. The molecule has 0 aromatic heterocycles. The highest BCUT2D eigenvalue weighted by molar-refractivity contribution is 7.90. The molecule has 0 aliphatic rings. The summed E-state index contributed by atoms with van der Waals surface area (Å²) >= 11 is 0. The highest BCUT2D eigenvalue weighted by atomic mass is 31.2. The van der Waals surface area contributed by atoms with Crippen molar-refractivity contribution in [2.45, 2.75) is 67.9 Å². The summed E-state index contributed by atoms with van der Waals surface area (Å²) in [6.45, 7) is 15.0. The molecule has 2 aromatic carbocycles. The average molecular weight is 491 g/mol. The van der Waals surface area contributed by atoms with Gasteiger partial charge in [-0.15, -0.1) is 0 Å². The zero-order chi connectivity index (χ0) is 25.1. The molecule has 0 radical (unpaired) electrons. The molecule has 0 bridgehead atoms. The second kappa shape index (κ2) is 11.2. The summed E-state index contributed by atoms with van der Waals surface area (Å²) in [4.78, 5) is 38.0. The first kappa shape index (κ1) is 27.6. The van der Waals surface area contributed by atoms with E-state index in [1.54, 1.807) is 6.92 Å². The molecule has 2 rings (SSSR count). The van der Waals surface area contributed by atoms with Gasteiger partial charge in [-0.1, -0.05) is 42.3 Å². The Kier molecular flexibility index (Phi) is 9.36. The number of aryl methyl sites for hydroxylation is 6. The molecule has 0 saturated heterocycles. The molecule has 0 fully saturated rings. The van der Waals surface area contributed by atoms with Gasteiger partial charge in [-0.3, -0.25) is 14.2 Å². The molecule has 180 valence electrons. The third-order valence-electron chi connectivity index (χ3n) is 5.80. The lowest BCUT2D eigenvalue weighted by atomic mass is 10.0. The standard InChI is InChI=1S/C26H36O5P2/c1-9-22(8)31-33(29,30)11-10-32(25(27)23-18(4)12-16(2)13-19(23)5)26(28)24-20(6)14-17(3)15-21(24)7/h12-15,22H,9-11H2,1-8H3,(H,29,30). The van der Waals surface area contributed by atoms with E-state index in [0.29, 0.717) is 17.5 Å². The molecular formula is C26H36O5P2. The van der Waals surface area contributed by atoms with Crippen molar-refractivity contribution in [2.75, 3.05) is 12.3 Å². The van der Waals surface area contributed by atoms with E-state index in [0.717, 1.165) is 33.4 Å². The van der Waals surface area contributed by atoms with E-state index in [1.807, 2.05) is 72.7 Å². The van der Waals surface area contributed by atoms with E-state index in [2.05, 4.69) is 0 Å². The lowest BCUT2D eigenvalue weighted by molar-refractivity contribution is 0.105. The molecule has 0 amide bonds. The Balaban J connectivity index is 2.52. The fourth-order valence-electron chi connectivity index (χ4n) is 4.23. The van der Waals surface area contributed by atoms with Gasteiger partial charge in [-0.05, 0) is 83.3 Å². The van der Waals surface area contributed by atoms with Crippen molar-refractivity contribution in [3.8, 4) is 0 Å². The SMILES string of the molecule is CCC(C)OP(=O)(O)CCP(C(=O)c1c(C)cc(C)cc1C)C(=O)c1c(C)cc(C)cc1C. The maximum atomic E-state index is 13.8. The van der Waals surface area contributed by atoms with Crippen LogP contribution < -0.4 is 0 Å². The molecule has 0 aliphatic carbocycles. The fraction of sp³-hybridized carbons (Fsp3) is 0.462. The van der Waals surface area contributed by atoms with Crippen molar-refractivity contribution in [3.63, 3.8) is 0 Å². The second-order valence-corrected chi connectivity index (χ2v) is 13.0. The van der Waals surface area contributed by atoms with E-state index >= 15 is 0 Å². The lowest BCUT2D eigenvalue weighted by Crippen LogP contribution is -2.16. The van der Waals surface area contributed by atoms with Crippen LogP contribution >= 0.6 is 15.5 Å². The molecule has 2 aromatic rings. The van der Waals surface area contributed by atoms with Crippen LogP contribution in [0.25, 0.3) is 0 Å². The van der Waals surface area contributed by atoms with Crippen LogP contribution in [0.1, 0.15) is 74.4 Å². The molecule has 5 nitrogen and oxygen atoms in total. The minimum absolute atomic E-state index is 0.0106. The molecule has 0 saturated carbocycles. The first-order valence-corrected chi connectivity index (χ1v) is 14.6. The van der Waals surface area contributed by atoms with Crippen LogP contribution in [0.2, 0.25) is 0 Å². The van der Waals surface area contributed by atoms with Crippen LogP contribution in [0, 0.1) is 41.5 Å². The van der Waals surface area contributed by atoms with Gasteiger partial charge in [0.05, 0.1) is 12.3 Å². The summed E-state index contributed by atoms with van der Waals surface area (Å²) < 4.78 is 18.0. The zero-order valence-corrected chi connectivity index (χ0v) is 22.8. The van der Waals surface area contributed by atoms with E-state index in [4.69, 9.17) is 4.52 Å². The number of rotatable bonds is 10. The van der Waals surface area contributed by atoms with Gasteiger partial charge in [0.25, 0.3) is 0 Å². The van der Waals surface area contributed by atoms with Crippen molar-refractivity contribution in [2.24, 2.45) is 0 Å². The van der Waals surface area contributed by atoms with Gasteiger partial charge in [0.15, 0.2) is 11.0 Å². The first-order chi connectivity index (χ1) is 15.3. The van der Waals surface area contributed by atoms with Gasteiger partial charge < -0.3 is 9.42 Å². The van der Waals surface area contributed by atoms with E-state index in [9.17, 15) is 19.0 Å². The highest BCUT2D eigenvalue weighted by Gasteiger charge is 2.34. The summed E-state index contributed by atoms with van der Waals surface area (Å²) in [5, 5.41) is 0. The van der Waals surface area contributed by atoms with Gasteiger partial charge in [0.1, 0.15) is 0 Å². The van der Waals surface area contributed by atoms with Gasteiger partial charge in [0, 0.05) is 19.0 Å². The third-order valence-corrected chi connectivity index (χ3v) is 9.73. The van der Waals surface area contributed by atoms with E-state index in [1.165, 1.54) is 0 Å². The molecule has 2 atom stereocenters. The first-order valence-electron chi connectivity index (χ1n) is 11.3. The van der Waals surface area contributed by atoms with Crippen molar-refractivity contribution < 1.29 is 23.6 Å². The van der Waals surface area contributed by atoms with Gasteiger partial charge in [-0.25, -0.2) is 0 Å². The molecule has 0 heterocycles. The Hall–Kier alpha value is -1.64. The summed E-state index contributed by atoms with van der Waals surface area (Å²) in [5.41, 5.74) is 5.96. The number of carbonyl (C=O) groups excluding carboxylic acids is 2. The summed E-state index contributed by atoms with van der Waals surface area (Å²) in [6, 6.07) is 7.74. The quantitative estimate of drug-likeness (QED) is 0.363. The molecule has 33 heavy (non-hydrogen) atoms. The number of hydrogen-bond donors (Lipinski definition) is 1. The van der Waals surface area contributed by atoms with E-state index < -0.39 is 15.5 Å². The minimum atomic E-state index is -3.93. The largest absolute Gasteiger partial charge is 0.328 e. The van der Waals surface area contributed by atoms with Crippen LogP contribution in [-0.4, -0.2) is 34.4 Å². The number of hydrogen-bond acceptors (Lipinski definition) is 4. The smallest absolute Gasteiger partial charge is 0.324 e. The van der Waals surface area contributed by atoms with Crippen LogP contribution in [0.3, 0.4) is 0 Å². The van der Waals surface area contributed by atoms with Gasteiger partial charge in [-0.2, -0.15) is 0 Å². The summed E-state index contributed by atoms with van der Waals surface area (Å²) in [5.74, 6) is 0. The molecule has 2 unspecified atom stereocenters. The summed E-state index contributed by atoms with van der Waals surface area (Å²) in [7, 11) is -5.84.